The van der Waals surface area contributed by atoms with Crippen LogP contribution in [0.25, 0.3) is 0 Å². The summed E-state index contributed by atoms with van der Waals surface area (Å²) in [6, 6.07) is 2.39. The van der Waals surface area contributed by atoms with Crippen LogP contribution >= 0.6 is 35.3 Å². The van der Waals surface area contributed by atoms with Crippen molar-refractivity contribution < 1.29 is 102 Å². The molecule has 4 heterocycles. The van der Waals surface area contributed by atoms with Gasteiger partial charge >= 0.3 is 17.9 Å². The Morgan fingerprint density at radius 1 is 0.603 bits per heavy atom. The number of fused-ring (bicyclic) bond motifs is 4. The van der Waals surface area contributed by atoms with Gasteiger partial charge in [-0.3, -0.25) is 86.9 Å². The summed E-state index contributed by atoms with van der Waals surface area (Å²) < 4.78 is 0. The second-order valence-corrected chi connectivity index (χ2v) is 32.2. The van der Waals surface area contributed by atoms with Crippen molar-refractivity contribution in [3.05, 3.63) is 125 Å². The molecule has 14 amide bonds. The third-order valence-corrected chi connectivity index (χ3v) is 22.6. The van der Waals surface area contributed by atoms with E-state index in [-0.39, 0.29) is 87.5 Å². The number of primary amides is 1. The van der Waals surface area contributed by atoms with Crippen molar-refractivity contribution in [2.24, 2.45) is 11.5 Å². The van der Waals surface area contributed by atoms with E-state index in [1.165, 1.54) is 52.8 Å². The number of thioether (sulfide) groups is 3. The molecule has 3 aromatic carbocycles. The Morgan fingerprint density at radius 2 is 1.16 bits per heavy atom. The predicted molar refractivity (Wildman–Crippen MR) is 442 cm³/mol. The van der Waals surface area contributed by atoms with E-state index >= 15 is 14.4 Å². The van der Waals surface area contributed by atoms with Crippen LogP contribution in [0.4, 0.5) is 0 Å². The van der Waals surface area contributed by atoms with Gasteiger partial charge in [-0.15, -0.1) is 0 Å². The molecule has 0 saturated carbocycles. The fourth-order valence-corrected chi connectivity index (χ4v) is 16.1. The quantitative estimate of drug-likeness (QED) is 0.0122. The minimum Gasteiger partial charge on any atom is -0.481 e. The molecule has 40 nitrogen and oxygen atoms in total. The molecule has 3 aliphatic rings. The first kappa shape index (κ1) is 96.3. The number of H-pyrrole nitrogens is 1. The number of hydrogen-bond acceptors (Lipinski definition) is 23. The van der Waals surface area contributed by atoms with Crippen molar-refractivity contribution in [2.45, 2.75) is 200 Å². The summed E-state index contributed by atoms with van der Waals surface area (Å²) in [6.07, 6.45) is -1.15. The summed E-state index contributed by atoms with van der Waals surface area (Å²) in [5.41, 5.74) is 13.2. The molecule has 0 radical (unpaired) electrons. The van der Waals surface area contributed by atoms with Crippen molar-refractivity contribution in [3.63, 3.8) is 0 Å². The molecule has 0 aliphatic carbocycles. The van der Waals surface area contributed by atoms with Gasteiger partial charge in [-0.05, 0) is 92.6 Å². The average Bonchev–Trinajstić information content (AvgIpc) is 1.67. The van der Waals surface area contributed by atoms with Gasteiger partial charge in [0.2, 0.25) is 82.7 Å². The Hall–Kier alpha value is -11.9. The highest BCUT2D eigenvalue weighted by Crippen LogP contribution is 2.28. The number of hydrogen-bond donors (Lipinski definition) is 20. The van der Waals surface area contributed by atoms with E-state index in [1.54, 1.807) is 84.9 Å². The fraction of sp³-hybridized carbons (Fsp3) is 0.500. The monoisotopic (exact) mass is 1740 g/mol. The Morgan fingerprint density at radius 3 is 1.74 bits per heavy atom. The molecule has 121 heavy (non-hydrogen) atoms. The second-order valence-electron chi connectivity index (χ2n) is 29.2. The highest BCUT2D eigenvalue weighted by atomic mass is 32.2. The molecule has 4 aromatic rings. The highest BCUT2D eigenvalue weighted by Gasteiger charge is 2.46. The maximum atomic E-state index is 15.2. The zero-order valence-corrected chi connectivity index (χ0v) is 69.3. The first-order valence-corrected chi connectivity index (χ1v) is 42.8. The molecule has 2 fully saturated rings. The van der Waals surface area contributed by atoms with E-state index in [0.29, 0.717) is 40.8 Å². The number of nitrogens with one attached hydrogen (secondary N) is 14. The number of nitrogens with two attached hydrogens (primary N) is 2. The van der Waals surface area contributed by atoms with Gasteiger partial charge in [-0.1, -0.05) is 84.9 Å². The molecular weight excluding hydrogens is 1640 g/mol. The molecule has 656 valence electrons. The molecule has 2 bridgehead atoms. The van der Waals surface area contributed by atoms with Gasteiger partial charge in [0.1, 0.15) is 78.5 Å². The van der Waals surface area contributed by atoms with E-state index in [1.807, 2.05) is 6.26 Å². The number of aromatic nitrogens is 2. The number of aliphatic hydroxyl groups is 1. The Labute approximate surface area is 709 Å². The third-order valence-electron chi connectivity index (χ3n) is 19.8. The molecular formula is C78H105N19O21S3. The molecule has 3 aliphatic heterocycles. The highest BCUT2D eigenvalue weighted by molar-refractivity contribution is 7.99. The molecule has 2 saturated heterocycles. The maximum absolute atomic E-state index is 15.2. The van der Waals surface area contributed by atoms with Crippen LogP contribution in [0.5, 0.6) is 0 Å². The average molecular weight is 1740 g/mol. The SMILES string of the molecule is CSCC[C@H](NC(C)=O)C(=O)N[C@@H]1CSCc2cccc(c2)CSC[C@@H](C(=O)NC(CC(=O)O)C(=O)N[C@@H](Cc2c[nH]cn2)C(=O)N[C@@H](Cc2ccccc2)C(=O)N[C@@H](CCCNC(=N)N)C(=O)N[C@@H](CC(=O)O)C(N)=O)NC(=O)[C@H](Cc2ccccc2)NC(=O)[C@H](CCC(=O)O)NC(=O)[C@H]([C@@H](C)O)NC(=O)[C@@H]2CCCN2C(=O)[C@@H]2CCCN2C1=O. The van der Waals surface area contributed by atoms with Crippen molar-refractivity contribution >= 4 is 142 Å². The van der Waals surface area contributed by atoms with Gasteiger partial charge in [0, 0.05) is 81.4 Å². The number of carboxylic acid groups (broad SMARTS) is 3. The summed E-state index contributed by atoms with van der Waals surface area (Å²) >= 11 is 3.73. The van der Waals surface area contributed by atoms with Crippen LogP contribution in [-0.2, 0) is 112 Å². The number of carbonyl (C=O) groups excluding carboxylic acids is 14. The van der Waals surface area contributed by atoms with Crippen LogP contribution in [0.2, 0.25) is 0 Å². The summed E-state index contributed by atoms with van der Waals surface area (Å²) in [4.78, 5) is 248. The third kappa shape index (κ3) is 31.3. The minimum atomic E-state index is -2.11. The lowest BCUT2D eigenvalue weighted by Crippen LogP contribution is -2.62. The predicted octanol–water partition coefficient (Wildman–Crippen LogP) is -3.35. The smallest absolute Gasteiger partial charge is 0.305 e. The van der Waals surface area contributed by atoms with Crippen molar-refractivity contribution in [1.29, 1.82) is 5.41 Å². The second kappa shape index (κ2) is 48.4. The van der Waals surface area contributed by atoms with Gasteiger partial charge < -0.3 is 110 Å². The van der Waals surface area contributed by atoms with Crippen LogP contribution < -0.4 is 75.3 Å². The zero-order valence-electron chi connectivity index (χ0n) is 66.8. The van der Waals surface area contributed by atoms with Gasteiger partial charge in [0.05, 0.1) is 31.0 Å². The summed E-state index contributed by atoms with van der Waals surface area (Å²) in [7, 11) is 0. The van der Waals surface area contributed by atoms with Crippen LogP contribution in [0.1, 0.15) is 112 Å². The van der Waals surface area contributed by atoms with Gasteiger partial charge in [0.15, 0.2) is 5.96 Å². The molecule has 43 heteroatoms. The molecule has 22 N–H and O–H groups in total. The fourth-order valence-electron chi connectivity index (χ4n) is 13.6. The van der Waals surface area contributed by atoms with Gasteiger partial charge in [-0.2, -0.15) is 35.3 Å². The number of carboxylic acids is 3. The molecule has 7 rings (SSSR count). The lowest BCUT2D eigenvalue weighted by Gasteiger charge is -2.34. The van der Waals surface area contributed by atoms with E-state index in [2.05, 4.69) is 73.8 Å². The summed E-state index contributed by atoms with van der Waals surface area (Å²) in [5.74, 6) is -18.5. The summed E-state index contributed by atoms with van der Waals surface area (Å²) in [6.45, 7) is 2.50. The molecule has 0 spiro atoms. The Kier molecular flexibility index (Phi) is 38.5. The lowest BCUT2D eigenvalue weighted by atomic mass is 10.0. The van der Waals surface area contributed by atoms with Crippen LogP contribution in [-0.4, -0.2) is 275 Å². The molecule has 1 aromatic heterocycles. The number of imidazole rings is 1. The molecule has 1 unspecified atom stereocenters. The van der Waals surface area contributed by atoms with Gasteiger partial charge in [0.25, 0.3) is 0 Å². The molecule has 14 atom stereocenters. The van der Waals surface area contributed by atoms with Crippen molar-refractivity contribution in [1.82, 2.24) is 83.6 Å². The number of aliphatic carboxylic acids is 3. The minimum absolute atomic E-state index is 0.0119. The van der Waals surface area contributed by atoms with E-state index < -0.39 is 229 Å². The number of aliphatic hydroxyl groups excluding tert-OH is 1. The topological polar surface area (TPSA) is 627 Å². The van der Waals surface area contributed by atoms with Crippen molar-refractivity contribution in [2.75, 3.05) is 43.1 Å². The summed E-state index contributed by atoms with van der Waals surface area (Å²) in [5, 5.41) is 79.0. The first-order valence-electron chi connectivity index (χ1n) is 39.1. The van der Waals surface area contributed by atoms with Crippen LogP contribution in [0.15, 0.2) is 97.5 Å². The Bertz CT molecular complexity index is 4330. The number of aromatic amines is 1. The standard InChI is InChI=1S/C78H105N19O21S3/c1-42(98)64-75(116)87-50(23-24-61(100)101)67(108)89-54(32-45-16-8-5-9-17-45)70(111)93-57(39-120-37-46-18-10-19-47(30-46)38-121-40-58(94-68(109)51(25-29-119-3)85-43(2)99)76(117)97-28-13-22-60(97)77(118)96-27-12-21-59(96)74(115)95-64)73(114)92-56(35-63(104)105)72(113)91-55(33-48-36-82-41-84-48)71(112)90-53(31-44-14-6-4-7-15-44)69(110)86-49(20-11-26-83-78(80)81)66(107)88-52(65(79)106)34-62(102)103/h4-10,14-19,30,36,41-42,49-60,64,98H,11-13,20-29,31-35,37-40H2,1-3H3,(H2,79,106)(H,82,84)(H,85,99)(H,86,110)(H,87,116)(H,88,107)(H,89,108)(H,90,112)(H,91,113)(H,92,114)(H,93,111)(H,94,109)(H,95,115)(H,100,101)(H,102,103)(H,104,105)(H4,80,81,83)/t42-,49+,50+,51+,52+,53+,54+,55+,56?,57+,58-,59+,60+,64+/m1/s1. The largest absolute Gasteiger partial charge is 0.481 e. The van der Waals surface area contributed by atoms with Gasteiger partial charge in [-0.25, -0.2) is 4.98 Å². The number of guanidine groups is 1. The van der Waals surface area contributed by atoms with E-state index in [9.17, 15) is 87.5 Å². The number of nitrogens with zero attached hydrogens (tertiary/aromatic N) is 3. The number of benzene rings is 3. The maximum Gasteiger partial charge on any atom is 0.305 e. The normalized spacial score (nSPS) is 20.7. The van der Waals surface area contributed by atoms with Crippen molar-refractivity contribution in [3.8, 4) is 0 Å². The van der Waals surface area contributed by atoms with Crippen LogP contribution in [0.3, 0.4) is 0 Å². The first-order chi connectivity index (χ1) is 57.7. The van der Waals surface area contributed by atoms with E-state index in [0.717, 1.165) is 18.7 Å². The number of carbonyl (C=O) groups is 17. The van der Waals surface area contributed by atoms with Crippen LogP contribution in [0, 0.1) is 5.41 Å². The van der Waals surface area contributed by atoms with E-state index in [4.69, 9.17) is 16.9 Å². The lowest BCUT2D eigenvalue weighted by molar-refractivity contribution is -0.148. The Balaban J connectivity index is 1.25. The number of amides is 14. The number of rotatable bonds is 35. The zero-order chi connectivity index (χ0) is 88.4.